The fraction of sp³-hybridized carbons (Fsp3) is 0.389. The Morgan fingerprint density at radius 2 is 2.09 bits per heavy atom. The topological polar surface area (TPSA) is 71.7 Å². The SMILES string of the molecule is CCOc1ccc(C(=O)NCC(O)(c2ccco2)C2CC2)cc1. The highest BCUT2D eigenvalue weighted by Gasteiger charge is 2.47. The first-order valence-corrected chi connectivity index (χ1v) is 7.91. The second-order valence-electron chi connectivity index (χ2n) is 5.82. The normalized spacial score (nSPS) is 16.6. The molecule has 1 fully saturated rings. The van der Waals surface area contributed by atoms with Gasteiger partial charge in [0.2, 0.25) is 0 Å². The molecule has 1 aromatic carbocycles. The minimum atomic E-state index is -1.13. The monoisotopic (exact) mass is 315 g/mol. The number of furan rings is 1. The Balaban J connectivity index is 1.65. The summed E-state index contributed by atoms with van der Waals surface area (Å²) in [6.45, 7) is 2.63. The van der Waals surface area contributed by atoms with Crippen molar-refractivity contribution in [2.24, 2.45) is 5.92 Å². The summed E-state index contributed by atoms with van der Waals surface area (Å²) in [5.41, 5.74) is -0.601. The third-order valence-corrected chi connectivity index (χ3v) is 4.15. The Labute approximate surface area is 135 Å². The van der Waals surface area contributed by atoms with Crippen molar-refractivity contribution in [3.05, 3.63) is 54.0 Å². The zero-order valence-corrected chi connectivity index (χ0v) is 13.1. The number of benzene rings is 1. The van der Waals surface area contributed by atoms with Crippen molar-refractivity contribution < 1.29 is 19.1 Å². The molecule has 5 heteroatoms. The summed E-state index contributed by atoms with van der Waals surface area (Å²) >= 11 is 0. The molecule has 5 nitrogen and oxygen atoms in total. The van der Waals surface area contributed by atoms with Gasteiger partial charge in [-0.15, -0.1) is 0 Å². The molecular formula is C18H21NO4. The Bertz CT molecular complexity index is 646. The van der Waals surface area contributed by atoms with Gasteiger partial charge in [-0.05, 0) is 62.1 Å². The Morgan fingerprint density at radius 3 is 2.65 bits per heavy atom. The number of nitrogens with one attached hydrogen (secondary N) is 1. The first kappa shape index (κ1) is 15.6. The molecule has 0 bridgehead atoms. The van der Waals surface area contributed by atoms with Crippen LogP contribution in [0, 0.1) is 5.92 Å². The van der Waals surface area contributed by atoms with Gasteiger partial charge >= 0.3 is 0 Å². The Kier molecular flexibility index (Phi) is 4.39. The Hall–Kier alpha value is -2.27. The summed E-state index contributed by atoms with van der Waals surface area (Å²) in [6.07, 6.45) is 3.42. The van der Waals surface area contributed by atoms with Gasteiger partial charge in [0.1, 0.15) is 17.1 Å². The van der Waals surface area contributed by atoms with E-state index in [1.165, 1.54) is 6.26 Å². The molecule has 1 aliphatic rings. The molecule has 1 aliphatic carbocycles. The van der Waals surface area contributed by atoms with Gasteiger partial charge in [0.15, 0.2) is 0 Å². The number of hydrogen-bond donors (Lipinski definition) is 2. The van der Waals surface area contributed by atoms with Crippen LogP contribution in [0.5, 0.6) is 5.75 Å². The summed E-state index contributed by atoms with van der Waals surface area (Å²) in [5, 5.41) is 13.7. The van der Waals surface area contributed by atoms with Gasteiger partial charge in [-0.2, -0.15) is 0 Å². The van der Waals surface area contributed by atoms with Crippen molar-refractivity contribution in [1.82, 2.24) is 5.32 Å². The molecule has 2 aromatic rings. The molecule has 1 atom stereocenters. The molecule has 1 saturated carbocycles. The lowest BCUT2D eigenvalue weighted by atomic mass is 9.94. The molecule has 1 aromatic heterocycles. The van der Waals surface area contributed by atoms with Crippen LogP contribution in [0.25, 0.3) is 0 Å². The average molecular weight is 315 g/mol. The van der Waals surface area contributed by atoms with Crippen LogP contribution >= 0.6 is 0 Å². The standard InChI is InChI=1S/C18H21NO4/c1-2-22-15-9-5-13(6-10-15)17(20)19-12-18(21,14-7-8-14)16-4-3-11-23-16/h3-6,9-11,14,21H,2,7-8,12H2,1H3,(H,19,20). The molecule has 2 N–H and O–H groups in total. The molecule has 0 saturated heterocycles. The van der Waals surface area contributed by atoms with Crippen LogP contribution < -0.4 is 10.1 Å². The first-order chi connectivity index (χ1) is 11.1. The van der Waals surface area contributed by atoms with Crippen LogP contribution in [0.4, 0.5) is 0 Å². The van der Waals surface area contributed by atoms with E-state index in [1.54, 1.807) is 36.4 Å². The van der Waals surface area contributed by atoms with Crippen LogP contribution in [0.1, 0.15) is 35.9 Å². The molecular weight excluding hydrogens is 294 g/mol. The smallest absolute Gasteiger partial charge is 0.251 e. The summed E-state index contributed by atoms with van der Waals surface area (Å²) in [5.74, 6) is 1.15. The van der Waals surface area contributed by atoms with Crippen molar-refractivity contribution in [1.29, 1.82) is 0 Å². The van der Waals surface area contributed by atoms with E-state index in [0.29, 0.717) is 17.9 Å². The lowest BCUT2D eigenvalue weighted by Gasteiger charge is -2.26. The van der Waals surface area contributed by atoms with Gasteiger partial charge in [0, 0.05) is 5.56 Å². The minimum Gasteiger partial charge on any atom is -0.494 e. The van der Waals surface area contributed by atoms with Gasteiger partial charge in [0.25, 0.3) is 5.91 Å². The highest BCUT2D eigenvalue weighted by Crippen LogP contribution is 2.45. The second-order valence-corrected chi connectivity index (χ2v) is 5.82. The molecule has 1 amide bonds. The van der Waals surface area contributed by atoms with Crippen molar-refractivity contribution in [3.8, 4) is 5.75 Å². The lowest BCUT2D eigenvalue weighted by Crippen LogP contribution is -2.42. The van der Waals surface area contributed by atoms with Crippen LogP contribution in [-0.4, -0.2) is 24.2 Å². The minimum absolute atomic E-state index is 0.134. The van der Waals surface area contributed by atoms with Crippen LogP contribution in [0.3, 0.4) is 0 Å². The van der Waals surface area contributed by atoms with E-state index in [1.807, 2.05) is 6.92 Å². The van der Waals surface area contributed by atoms with E-state index in [2.05, 4.69) is 5.32 Å². The quantitative estimate of drug-likeness (QED) is 0.824. The number of hydrogen-bond acceptors (Lipinski definition) is 4. The molecule has 3 rings (SSSR count). The van der Waals surface area contributed by atoms with Crippen molar-refractivity contribution in [2.45, 2.75) is 25.4 Å². The third kappa shape index (κ3) is 3.40. The van der Waals surface area contributed by atoms with Crippen molar-refractivity contribution in [2.75, 3.05) is 13.2 Å². The predicted molar refractivity (Wildman–Crippen MR) is 85.3 cm³/mol. The van der Waals surface area contributed by atoms with E-state index >= 15 is 0 Å². The number of carbonyl (C=O) groups is 1. The van der Waals surface area contributed by atoms with Crippen molar-refractivity contribution in [3.63, 3.8) is 0 Å². The van der Waals surface area contributed by atoms with E-state index in [4.69, 9.17) is 9.15 Å². The maximum absolute atomic E-state index is 12.3. The maximum Gasteiger partial charge on any atom is 0.251 e. The van der Waals surface area contributed by atoms with Gasteiger partial charge in [0.05, 0.1) is 19.4 Å². The number of aliphatic hydroxyl groups is 1. The van der Waals surface area contributed by atoms with Gasteiger partial charge in [-0.1, -0.05) is 0 Å². The maximum atomic E-state index is 12.3. The number of carbonyl (C=O) groups excluding carboxylic acids is 1. The number of ether oxygens (including phenoxy) is 1. The van der Waals surface area contributed by atoms with Crippen LogP contribution in [0.15, 0.2) is 47.1 Å². The van der Waals surface area contributed by atoms with Crippen LogP contribution in [0.2, 0.25) is 0 Å². The van der Waals surface area contributed by atoms with Crippen LogP contribution in [-0.2, 0) is 5.60 Å². The summed E-state index contributed by atoms with van der Waals surface area (Å²) < 4.78 is 10.7. The Morgan fingerprint density at radius 1 is 1.35 bits per heavy atom. The van der Waals surface area contributed by atoms with Gasteiger partial charge in [-0.25, -0.2) is 0 Å². The summed E-state index contributed by atoms with van der Waals surface area (Å²) in [7, 11) is 0. The van der Waals surface area contributed by atoms with Crippen molar-refractivity contribution >= 4 is 5.91 Å². The molecule has 0 radical (unpaired) electrons. The highest BCUT2D eigenvalue weighted by molar-refractivity contribution is 5.94. The highest BCUT2D eigenvalue weighted by atomic mass is 16.5. The molecule has 23 heavy (non-hydrogen) atoms. The number of amides is 1. The lowest BCUT2D eigenvalue weighted by molar-refractivity contribution is -0.00610. The largest absolute Gasteiger partial charge is 0.494 e. The summed E-state index contributed by atoms with van der Waals surface area (Å²) in [4.78, 5) is 12.3. The fourth-order valence-electron chi connectivity index (χ4n) is 2.70. The first-order valence-electron chi connectivity index (χ1n) is 7.91. The van der Waals surface area contributed by atoms with Gasteiger partial charge in [-0.3, -0.25) is 4.79 Å². The zero-order valence-electron chi connectivity index (χ0n) is 13.1. The van der Waals surface area contributed by atoms with Gasteiger partial charge < -0.3 is 19.6 Å². The molecule has 0 spiro atoms. The van der Waals surface area contributed by atoms with E-state index in [-0.39, 0.29) is 18.4 Å². The third-order valence-electron chi connectivity index (χ3n) is 4.15. The fourth-order valence-corrected chi connectivity index (χ4v) is 2.70. The van der Waals surface area contributed by atoms with E-state index in [0.717, 1.165) is 18.6 Å². The van der Waals surface area contributed by atoms with E-state index < -0.39 is 5.60 Å². The molecule has 1 heterocycles. The van der Waals surface area contributed by atoms with E-state index in [9.17, 15) is 9.90 Å². The summed E-state index contributed by atoms with van der Waals surface area (Å²) in [6, 6.07) is 10.4. The molecule has 1 unspecified atom stereocenters. The predicted octanol–water partition coefficient (Wildman–Crippen LogP) is 2.71. The molecule has 122 valence electrons. The second kappa shape index (κ2) is 6.46. The number of rotatable bonds is 7. The molecule has 0 aliphatic heterocycles. The zero-order chi connectivity index (χ0) is 16.3. The average Bonchev–Trinajstić information content (AvgIpc) is 3.28.